The number of hydrogen-bond donors (Lipinski definition) is 0. The van der Waals surface area contributed by atoms with Gasteiger partial charge >= 0.3 is 0 Å². The van der Waals surface area contributed by atoms with Gasteiger partial charge in [-0.3, -0.25) is 14.9 Å². The normalized spacial score (nSPS) is 9.33. The molecule has 1 rings (SSSR count). The molecule has 0 radical (unpaired) electrons. The minimum Gasteiger partial charge on any atom is -0.298 e. The van der Waals surface area contributed by atoms with Gasteiger partial charge in [0.1, 0.15) is 4.33 Å². The maximum absolute atomic E-state index is 10.4. The Kier molecular flexibility index (Phi) is 2.82. The average molecular weight is 183 g/mol. The molecule has 0 N–H and O–H groups in total. The van der Waals surface area contributed by atoms with E-state index in [1.165, 1.54) is 6.07 Å². The molecule has 0 saturated carbocycles. The largest absolute Gasteiger partial charge is 0.298 e. The average Bonchev–Trinajstić information content (AvgIpc) is 2.04. The lowest BCUT2D eigenvalue weighted by Gasteiger charge is -1.94. The highest BCUT2D eigenvalue weighted by atomic mass is 32.2. The van der Waals surface area contributed by atoms with E-state index >= 15 is 0 Å². The van der Waals surface area contributed by atoms with Crippen molar-refractivity contribution in [3.63, 3.8) is 0 Å². The summed E-state index contributed by atoms with van der Waals surface area (Å²) in [6.07, 6.45) is 0.603. The van der Waals surface area contributed by atoms with E-state index in [-0.39, 0.29) is 0 Å². The highest BCUT2D eigenvalue weighted by Crippen LogP contribution is 2.20. The van der Waals surface area contributed by atoms with Gasteiger partial charge in [-0.1, -0.05) is 18.2 Å². The van der Waals surface area contributed by atoms with Gasteiger partial charge in [0.2, 0.25) is 0 Å². The van der Waals surface area contributed by atoms with E-state index in [4.69, 9.17) is 0 Å². The molecule has 0 aromatic heterocycles. The highest BCUT2D eigenvalue weighted by Gasteiger charge is 2.09. The van der Waals surface area contributed by atoms with Crippen molar-refractivity contribution in [3.05, 3.63) is 39.9 Å². The minimum absolute atomic E-state index is 0.346. The first kappa shape index (κ1) is 8.73. The molecule has 0 spiro atoms. The first-order chi connectivity index (χ1) is 5.74. The highest BCUT2D eigenvalue weighted by molar-refractivity contribution is 7.93. The Labute approximate surface area is 72.9 Å². The van der Waals surface area contributed by atoms with Crippen LogP contribution in [0, 0.1) is 10.1 Å². The van der Waals surface area contributed by atoms with Crippen molar-refractivity contribution in [1.29, 1.82) is 0 Å². The molecule has 0 aliphatic carbocycles. The van der Waals surface area contributed by atoms with Crippen LogP contribution in [0.2, 0.25) is 0 Å². The van der Waals surface area contributed by atoms with Gasteiger partial charge in [-0.25, -0.2) is 0 Å². The zero-order valence-electron chi connectivity index (χ0n) is 5.97. The smallest absolute Gasteiger partial charge is 0.266 e. The van der Waals surface area contributed by atoms with E-state index in [0.29, 0.717) is 28.7 Å². The van der Waals surface area contributed by atoms with Crippen LogP contribution >= 0.6 is 11.9 Å². The standard InChI is InChI=1S/C7H5NO3S/c9-5-6-3-1-2-4-7(6)12-8(10)11/h1-5H. The van der Waals surface area contributed by atoms with Crippen LogP contribution in [0.4, 0.5) is 0 Å². The van der Waals surface area contributed by atoms with Crippen LogP contribution in [0.3, 0.4) is 0 Å². The van der Waals surface area contributed by atoms with Crippen molar-refractivity contribution < 1.29 is 9.12 Å². The topological polar surface area (TPSA) is 60.2 Å². The third kappa shape index (κ3) is 2.06. The molecule has 4 nitrogen and oxygen atoms in total. The second kappa shape index (κ2) is 3.87. The van der Waals surface area contributed by atoms with E-state index in [1.807, 2.05) is 0 Å². The quantitative estimate of drug-likeness (QED) is 0.310. The fraction of sp³-hybridized carbons (Fsp3) is 0. The molecule has 0 atom stereocenters. The van der Waals surface area contributed by atoms with E-state index in [2.05, 4.69) is 0 Å². The molecule has 0 aliphatic heterocycles. The van der Waals surface area contributed by atoms with Crippen molar-refractivity contribution in [2.45, 2.75) is 4.90 Å². The summed E-state index contributed by atoms with van der Waals surface area (Å²) < 4.78 is -0.539. The van der Waals surface area contributed by atoms with Crippen LogP contribution in [0.15, 0.2) is 29.2 Å². The lowest BCUT2D eigenvalue weighted by atomic mass is 10.2. The molecule has 0 amide bonds. The maximum Gasteiger partial charge on any atom is 0.266 e. The molecular weight excluding hydrogens is 178 g/mol. The number of aldehydes is 1. The molecule has 0 fully saturated rings. The SMILES string of the molecule is O=Cc1ccccc1S[N+](=O)[O-]. The third-order valence-corrected chi connectivity index (χ3v) is 1.94. The monoisotopic (exact) mass is 183 g/mol. The zero-order valence-corrected chi connectivity index (χ0v) is 6.78. The third-order valence-electron chi connectivity index (χ3n) is 1.22. The number of carbonyl (C=O) groups excluding carboxylic acids is 1. The molecule has 0 unspecified atom stereocenters. The first-order valence-electron chi connectivity index (χ1n) is 3.10. The zero-order chi connectivity index (χ0) is 8.97. The molecule has 12 heavy (non-hydrogen) atoms. The number of rotatable bonds is 3. The molecule has 1 aromatic rings. The van der Waals surface area contributed by atoms with E-state index in [9.17, 15) is 14.9 Å². The van der Waals surface area contributed by atoms with Crippen LogP contribution in [0.1, 0.15) is 10.4 Å². The summed E-state index contributed by atoms with van der Waals surface area (Å²) in [7, 11) is 0. The summed E-state index contributed by atoms with van der Waals surface area (Å²) in [6, 6.07) is 6.39. The summed E-state index contributed by atoms with van der Waals surface area (Å²) >= 11 is 0.441. The molecule has 0 saturated heterocycles. The first-order valence-corrected chi connectivity index (χ1v) is 3.88. The van der Waals surface area contributed by atoms with Crippen molar-refractivity contribution in [1.82, 2.24) is 0 Å². The number of carbonyl (C=O) groups is 1. The Bertz CT molecular complexity index is 313. The molecule has 0 bridgehead atoms. The lowest BCUT2D eigenvalue weighted by molar-refractivity contribution is -0.284. The van der Waals surface area contributed by atoms with Crippen LogP contribution in [0.25, 0.3) is 0 Å². The Morgan fingerprint density at radius 3 is 2.67 bits per heavy atom. The second-order valence-electron chi connectivity index (χ2n) is 1.97. The lowest BCUT2D eigenvalue weighted by Crippen LogP contribution is -1.88. The molecule has 5 heteroatoms. The van der Waals surface area contributed by atoms with Crippen molar-refractivity contribution in [3.8, 4) is 0 Å². The minimum atomic E-state index is -0.539. The Balaban J connectivity index is 2.96. The number of nitrogens with zero attached hydrogens (tertiary/aromatic N) is 1. The van der Waals surface area contributed by atoms with Gasteiger partial charge in [0.25, 0.3) is 11.9 Å². The van der Waals surface area contributed by atoms with Gasteiger partial charge in [-0.2, -0.15) is 0 Å². The van der Waals surface area contributed by atoms with E-state index < -0.39 is 4.33 Å². The molecular formula is C7H5NO3S. The van der Waals surface area contributed by atoms with Crippen molar-refractivity contribution in [2.24, 2.45) is 0 Å². The van der Waals surface area contributed by atoms with Crippen LogP contribution < -0.4 is 0 Å². The summed E-state index contributed by atoms with van der Waals surface area (Å²) in [5, 5.41) is 10.1. The van der Waals surface area contributed by atoms with Gasteiger partial charge in [-0.15, -0.1) is 0 Å². The van der Waals surface area contributed by atoms with E-state index in [1.54, 1.807) is 18.2 Å². The summed E-state index contributed by atoms with van der Waals surface area (Å²) in [4.78, 5) is 20.8. The predicted octanol–water partition coefficient (Wildman–Crippen LogP) is 1.78. The summed E-state index contributed by atoms with van der Waals surface area (Å²) in [5.74, 6) is 0. The molecule has 0 heterocycles. The summed E-state index contributed by atoms with van der Waals surface area (Å²) in [5.41, 5.74) is 0.346. The summed E-state index contributed by atoms with van der Waals surface area (Å²) in [6.45, 7) is 0. The molecule has 0 aliphatic rings. The Morgan fingerprint density at radius 1 is 1.42 bits per heavy atom. The number of nitro groups is 1. The van der Waals surface area contributed by atoms with Gasteiger partial charge in [0, 0.05) is 5.56 Å². The fourth-order valence-corrected chi connectivity index (χ4v) is 1.26. The van der Waals surface area contributed by atoms with Crippen LogP contribution in [0.5, 0.6) is 0 Å². The fourth-order valence-electron chi connectivity index (χ4n) is 0.741. The second-order valence-corrected chi connectivity index (χ2v) is 2.89. The number of hydrogen-bond acceptors (Lipinski definition) is 4. The van der Waals surface area contributed by atoms with Crippen molar-refractivity contribution >= 4 is 18.2 Å². The van der Waals surface area contributed by atoms with Crippen LogP contribution in [-0.4, -0.2) is 10.6 Å². The predicted molar refractivity (Wildman–Crippen MR) is 44.7 cm³/mol. The van der Waals surface area contributed by atoms with Gasteiger partial charge in [0.05, 0.1) is 4.90 Å². The number of benzene rings is 1. The van der Waals surface area contributed by atoms with Crippen molar-refractivity contribution in [2.75, 3.05) is 0 Å². The van der Waals surface area contributed by atoms with Gasteiger partial charge < -0.3 is 0 Å². The Morgan fingerprint density at radius 2 is 2.08 bits per heavy atom. The molecule has 1 aromatic carbocycles. The maximum atomic E-state index is 10.4. The van der Waals surface area contributed by atoms with E-state index in [0.717, 1.165) is 0 Å². The van der Waals surface area contributed by atoms with Crippen LogP contribution in [-0.2, 0) is 0 Å². The Hall–Kier alpha value is -1.36. The van der Waals surface area contributed by atoms with Gasteiger partial charge in [0.15, 0.2) is 6.29 Å². The van der Waals surface area contributed by atoms with Gasteiger partial charge in [-0.05, 0) is 6.07 Å². The molecule has 62 valence electrons.